The molecule has 0 aliphatic heterocycles. The first-order valence-electron chi connectivity index (χ1n) is 6.50. The molecule has 0 radical (unpaired) electrons. The predicted molar refractivity (Wildman–Crippen MR) is 77.8 cm³/mol. The van der Waals surface area contributed by atoms with Crippen LogP contribution in [0.2, 0.25) is 0 Å². The lowest BCUT2D eigenvalue weighted by Gasteiger charge is -2.12. The molecule has 2 aromatic rings. The second kappa shape index (κ2) is 6.99. The Balaban J connectivity index is 1.95. The number of terminal acetylenes is 1. The lowest BCUT2D eigenvalue weighted by molar-refractivity contribution is -0.182. The van der Waals surface area contributed by atoms with E-state index in [0.717, 1.165) is 12.1 Å². The van der Waals surface area contributed by atoms with Crippen LogP contribution in [-0.4, -0.2) is 27.0 Å². The maximum absolute atomic E-state index is 13.1. The van der Waals surface area contributed by atoms with Gasteiger partial charge in [-0.05, 0) is 6.07 Å². The average molecular weight is 341 g/mol. The molecule has 0 spiro atoms. The van der Waals surface area contributed by atoms with E-state index in [1.54, 1.807) is 0 Å². The van der Waals surface area contributed by atoms with Gasteiger partial charge < -0.3 is 5.32 Å². The molecule has 2 N–H and O–H groups in total. The Morgan fingerprint density at radius 3 is 2.67 bits per heavy atom. The number of rotatable bonds is 4. The molecule has 0 aliphatic rings. The van der Waals surface area contributed by atoms with E-state index in [0.29, 0.717) is 11.9 Å². The number of aromatic nitrogens is 3. The first-order chi connectivity index (χ1) is 11.3. The van der Waals surface area contributed by atoms with Gasteiger partial charge in [-0.25, -0.2) is 14.2 Å². The monoisotopic (exact) mass is 341 g/mol. The highest BCUT2D eigenvalue weighted by Crippen LogP contribution is 2.35. The van der Waals surface area contributed by atoms with E-state index < -0.39 is 23.9 Å². The second-order valence-electron chi connectivity index (χ2n) is 4.59. The first-order valence-corrected chi connectivity index (χ1v) is 6.50. The van der Waals surface area contributed by atoms with E-state index in [-0.39, 0.29) is 12.4 Å². The van der Waals surface area contributed by atoms with Gasteiger partial charge in [0.05, 0.1) is 11.9 Å². The SMILES string of the molecule is C#CCn1cc(NC(=O)Nc2ccc(C(F)C(F)(F)F)cn2)cn1. The molecule has 2 aromatic heterocycles. The second-order valence-corrected chi connectivity index (χ2v) is 4.59. The molecule has 1 unspecified atom stereocenters. The molecule has 0 aliphatic carbocycles. The predicted octanol–water partition coefficient (Wildman–Crippen LogP) is 3.13. The molecule has 2 amide bonds. The number of nitrogens with one attached hydrogen (secondary N) is 2. The van der Waals surface area contributed by atoms with Crippen molar-refractivity contribution in [3.8, 4) is 12.3 Å². The van der Waals surface area contributed by atoms with Crippen LogP contribution in [0.3, 0.4) is 0 Å². The van der Waals surface area contributed by atoms with Gasteiger partial charge in [0, 0.05) is 18.0 Å². The summed E-state index contributed by atoms with van der Waals surface area (Å²) >= 11 is 0. The number of hydrogen-bond donors (Lipinski definition) is 2. The van der Waals surface area contributed by atoms with E-state index in [4.69, 9.17) is 6.42 Å². The van der Waals surface area contributed by atoms with Gasteiger partial charge in [-0.2, -0.15) is 18.3 Å². The number of hydrogen-bond acceptors (Lipinski definition) is 3. The molecule has 24 heavy (non-hydrogen) atoms. The van der Waals surface area contributed by atoms with E-state index in [9.17, 15) is 22.4 Å². The van der Waals surface area contributed by atoms with Gasteiger partial charge in [0.2, 0.25) is 6.17 Å². The van der Waals surface area contributed by atoms with Crippen molar-refractivity contribution in [1.82, 2.24) is 14.8 Å². The molecule has 126 valence electrons. The van der Waals surface area contributed by atoms with Gasteiger partial charge in [0.25, 0.3) is 0 Å². The van der Waals surface area contributed by atoms with Gasteiger partial charge in [-0.15, -0.1) is 6.42 Å². The quantitative estimate of drug-likeness (QED) is 0.663. The molecule has 0 saturated heterocycles. The van der Waals surface area contributed by atoms with Crippen LogP contribution in [0.4, 0.5) is 33.9 Å². The maximum Gasteiger partial charge on any atom is 0.423 e. The minimum atomic E-state index is -5.01. The van der Waals surface area contributed by atoms with Crippen molar-refractivity contribution in [2.45, 2.75) is 18.9 Å². The van der Waals surface area contributed by atoms with Crippen molar-refractivity contribution in [2.75, 3.05) is 10.6 Å². The summed E-state index contributed by atoms with van der Waals surface area (Å²) < 4.78 is 51.2. The lowest BCUT2D eigenvalue weighted by atomic mass is 10.2. The van der Waals surface area contributed by atoms with Crippen LogP contribution in [0.25, 0.3) is 0 Å². The molecule has 0 fully saturated rings. The van der Waals surface area contributed by atoms with Crippen molar-refractivity contribution >= 4 is 17.5 Å². The highest BCUT2D eigenvalue weighted by molar-refractivity contribution is 5.98. The molecule has 0 bridgehead atoms. The Labute approximate surface area is 133 Å². The Morgan fingerprint density at radius 2 is 2.08 bits per heavy atom. The Morgan fingerprint density at radius 1 is 1.33 bits per heavy atom. The fourth-order valence-corrected chi connectivity index (χ4v) is 1.70. The maximum atomic E-state index is 13.1. The number of pyridine rings is 1. The zero-order chi connectivity index (χ0) is 17.7. The minimum Gasteiger partial charge on any atom is -0.305 e. The topological polar surface area (TPSA) is 71.8 Å². The van der Waals surface area contributed by atoms with Crippen LogP contribution in [-0.2, 0) is 6.54 Å². The van der Waals surface area contributed by atoms with Crippen molar-refractivity contribution in [3.05, 3.63) is 36.3 Å². The van der Waals surface area contributed by atoms with Gasteiger partial charge >= 0.3 is 12.2 Å². The fourth-order valence-electron chi connectivity index (χ4n) is 1.70. The van der Waals surface area contributed by atoms with E-state index in [1.807, 2.05) is 0 Å². The Bertz CT molecular complexity index is 748. The average Bonchev–Trinajstić information content (AvgIpc) is 2.94. The summed E-state index contributed by atoms with van der Waals surface area (Å²) in [4.78, 5) is 15.3. The molecular weight excluding hydrogens is 330 g/mol. The van der Waals surface area contributed by atoms with Crippen LogP contribution in [0, 0.1) is 12.3 Å². The first kappa shape index (κ1) is 17.3. The number of carbonyl (C=O) groups excluding carboxylic acids is 1. The smallest absolute Gasteiger partial charge is 0.305 e. The van der Waals surface area contributed by atoms with Gasteiger partial charge in [-0.1, -0.05) is 12.0 Å². The highest BCUT2D eigenvalue weighted by Gasteiger charge is 2.41. The largest absolute Gasteiger partial charge is 0.423 e. The van der Waals surface area contributed by atoms with Crippen molar-refractivity contribution in [1.29, 1.82) is 0 Å². The summed E-state index contributed by atoms with van der Waals surface area (Å²) in [7, 11) is 0. The molecule has 10 heteroatoms. The molecule has 6 nitrogen and oxygen atoms in total. The van der Waals surface area contributed by atoms with Crippen molar-refractivity contribution < 1.29 is 22.4 Å². The van der Waals surface area contributed by atoms with Gasteiger partial charge in [0.15, 0.2) is 0 Å². The summed E-state index contributed by atoms with van der Waals surface area (Å²) in [5.74, 6) is 2.33. The van der Waals surface area contributed by atoms with E-state index in [2.05, 4.69) is 26.6 Å². The molecule has 2 rings (SSSR count). The third kappa shape index (κ3) is 4.45. The number of nitrogens with zero attached hydrogens (tertiary/aromatic N) is 3. The van der Waals surface area contributed by atoms with E-state index in [1.165, 1.54) is 17.1 Å². The van der Waals surface area contributed by atoms with Gasteiger partial charge in [0.1, 0.15) is 12.4 Å². The normalized spacial score (nSPS) is 12.3. The Kier molecular flexibility index (Phi) is 5.03. The summed E-state index contributed by atoms with van der Waals surface area (Å²) in [6.45, 7) is 0.232. The lowest BCUT2D eigenvalue weighted by Crippen LogP contribution is -2.20. The summed E-state index contributed by atoms with van der Waals surface area (Å²) in [6, 6.07) is 1.27. The molecule has 1 atom stereocenters. The number of amides is 2. The number of alkyl halides is 4. The van der Waals surface area contributed by atoms with Crippen LogP contribution in [0.5, 0.6) is 0 Å². The van der Waals surface area contributed by atoms with E-state index >= 15 is 0 Å². The van der Waals surface area contributed by atoms with Crippen LogP contribution >= 0.6 is 0 Å². The number of carbonyl (C=O) groups is 1. The summed E-state index contributed by atoms with van der Waals surface area (Å²) in [6.07, 6.45) is 0.546. The molecule has 0 aromatic carbocycles. The van der Waals surface area contributed by atoms with Crippen molar-refractivity contribution in [3.63, 3.8) is 0 Å². The van der Waals surface area contributed by atoms with Crippen LogP contribution in [0.1, 0.15) is 11.7 Å². The highest BCUT2D eigenvalue weighted by atomic mass is 19.4. The fraction of sp³-hybridized carbons (Fsp3) is 0.214. The van der Waals surface area contributed by atoms with Crippen LogP contribution in [0.15, 0.2) is 30.7 Å². The molecular formula is C14H11F4N5O. The number of halogens is 4. The molecule has 2 heterocycles. The summed E-state index contributed by atoms with van der Waals surface area (Å²) in [5.41, 5.74) is -0.288. The number of urea groups is 1. The number of anilines is 2. The zero-order valence-corrected chi connectivity index (χ0v) is 12.0. The molecule has 0 saturated carbocycles. The third-order valence-electron chi connectivity index (χ3n) is 2.75. The standard InChI is InChI=1S/C14H11F4N5O/c1-2-5-23-8-10(7-20-23)21-13(24)22-11-4-3-9(6-19-11)12(15)14(16,17)18/h1,3-4,6-8,12H,5H2,(H2,19,21,22,24). The summed E-state index contributed by atoms with van der Waals surface area (Å²) in [5, 5.41) is 8.62. The zero-order valence-electron chi connectivity index (χ0n) is 12.0. The third-order valence-corrected chi connectivity index (χ3v) is 2.75. The van der Waals surface area contributed by atoms with Crippen LogP contribution < -0.4 is 10.6 Å². The van der Waals surface area contributed by atoms with Gasteiger partial charge in [-0.3, -0.25) is 10.00 Å². The van der Waals surface area contributed by atoms with Crippen molar-refractivity contribution in [2.24, 2.45) is 0 Å². The minimum absolute atomic E-state index is 0.0401. The Hall–Kier alpha value is -3.09.